The molecule has 0 amide bonds. The molecule has 1 fully saturated rings. The minimum atomic E-state index is 0.526. The number of hydrogen-bond donors (Lipinski definition) is 1. The fourth-order valence-corrected chi connectivity index (χ4v) is 2.82. The summed E-state index contributed by atoms with van der Waals surface area (Å²) in [5, 5.41) is 8.01. The second kappa shape index (κ2) is 5.53. The van der Waals surface area contributed by atoms with Crippen LogP contribution in [0.25, 0.3) is 0 Å². The molecule has 0 aliphatic heterocycles. The van der Waals surface area contributed by atoms with Gasteiger partial charge < -0.3 is 5.32 Å². The lowest BCUT2D eigenvalue weighted by molar-refractivity contribution is 0.421. The van der Waals surface area contributed by atoms with Crippen molar-refractivity contribution in [2.24, 2.45) is 5.92 Å². The first-order valence-corrected chi connectivity index (χ1v) is 7.37. The molecule has 1 heterocycles. The Hall–Kier alpha value is -0.350. The highest BCUT2D eigenvalue weighted by Gasteiger charge is 2.25. The lowest BCUT2D eigenvalue weighted by Crippen LogP contribution is -2.27. The fraction of sp³-hybridized carbons (Fsp3) is 0.769. The first-order valence-electron chi connectivity index (χ1n) is 6.58. The third-order valence-corrected chi connectivity index (χ3v) is 4.33. The smallest absolute Gasteiger partial charge is 0.0635 e. The van der Waals surface area contributed by atoms with Crippen LogP contribution in [0.2, 0.25) is 0 Å². The van der Waals surface area contributed by atoms with E-state index in [-0.39, 0.29) is 0 Å². The summed E-state index contributed by atoms with van der Waals surface area (Å²) >= 11 is 3.62. The van der Waals surface area contributed by atoms with E-state index in [0.717, 1.165) is 23.6 Å². The summed E-state index contributed by atoms with van der Waals surface area (Å²) in [4.78, 5) is 0. The van der Waals surface area contributed by atoms with E-state index in [0.29, 0.717) is 11.8 Å². The normalized spacial score (nSPS) is 19.3. The predicted octanol–water partition coefficient (Wildman–Crippen LogP) is 3.16. The monoisotopic (exact) mass is 299 g/mol. The molecule has 2 unspecified atom stereocenters. The average molecular weight is 300 g/mol. The first-order chi connectivity index (χ1) is 8.13. The molecule has 1 aromatic heterocycles. The Kier molecular flexibility index (Phi) is 4.26. The molecule has 2 rings (SSSR count). The zero-order valence-electron chi connectivity index (χ0n) is 10.9. The predicted molar refractivity (Wildman–Crippen MR) is 74.2 cm³/mol. The lowest BCUT2D eigenvalue weighted by atomic mass is 9.92. The SMILES string of the molecule is CCn1ncc(Br)c1C(C)C(C)CNC1CC1. The molecule has 2 atom stereocenters. The molecule has 0 bridgehead atoms. The van der Waals surface area contributed by atoms with E-state index in [2.05, 4.69) is 51.8 Å². The number of nitrogens with zero attached hydrogens (tertiary/aromatic N) is 2. The third-order valence-electron chi connectivity index (χ3n) is 3.72. The Balaban J connectivity index is 2.00. The molecule has 0 aromatic carbocycles. The Morgan fingerprint density at radius 1 is 1.53 bits per heavy atom. The van der Waals surface area contributed by atoms with Crippen LogP contribution in [-0.4, -0.2) is 22.4 Å². The van der Waals surface area contributed by atoms with Gasteiger partial charge >= 0.3 is 0 Å². The zero-order chi connectivity index (χ0) is 12.4. The van der Waals surface area contributed by atoms with Gasteiger partial charge in [-0.25, -0.2) is 0 Å². The van der Waals surface area contributed by atoms with E-state index in [1.54, 1.807) is 0 Å². The second-order valence-electron chi connectivity index (χ2n) is 5.14. The molecule has 0 saturated heterocycles. The van der Waals surface area contributed by atoms with Crippen molar-refractivity contribution in [3.05, 3.63) is 16.4 Å². The van der Waals surface area contributed by atoms with Crippen molar-refractivity contribution in [2.45, 2.75) is 52.1 Å². The summed E-state index contributed by atoms with van der Waals surface area (Å²) < 4.78 is 3.24. The number of aryl methyl sites for hydroxylation is 1. The Labute approximate surface area is 112 Å². The maximum absolute atomic E-state index is 4.39. The van der Waals surface area contributed by atoms with Gasteiger partial charge in [-0.05, 0) is 48.2 Å². The summed E-state index contributed by atoms with van der Waals surface area (Å²) in [6.07, 6.45) is 4.63. The second-order valence-corrected chi connectivity index (χ2v) is 6.00. The van der Waals surface area contributed by atoms with Crippen LogP contribution >= 0.6 is 15.9 Å². The van der Waals surface area contributed by atoms with Crippen LogP contribution in [0.15, 0.2) is 10.7 Å². The van der Waals surface area contributed by atoms with Crippen LogP contribution in [-0.2, 0) is 6.54 Å². The van der Waals surface area contributed by atoms with E-state index in [1.165, 1.54) is 18.5 Å². The fourth-order valence-electron chi connectivity index (χ4n) is 2.16. The van der Waals surface area contributed by atoms with Crippen molar-refractivity contribution in [3.63, 3.8) is 0 Å². The highest BCUT2D eigenvalue weighted by atomic mass is 79.9. The van der Waals surface area contributed by atoms with Gasteiger partial charge in [-0.15, -0.1) is 0 Å². The number of nitrogens with one attached hydrogen (secondary N) is 1. The number of aromatic nitrogens is 2. The van der Waals surface area contributed by atoms with Crippen molar-refractivity contribution in [2.75, 3.05) is 6.54 Å². The molecule has 1 aliphatic rings. The van der Waals surface area contributed by atoms with Crippen LogP contribution in [0.5, 0.6) is 0 Å². The van der Waals surface area contributed by atoms with E-state index in [1.807, 2.05) is 6.20 Å². The topological polar surface area (TPSA) is 29.9 Å². The zero-order valence-corrected chi connectivity index (χ0v) is 12.5. The lowest BCUT2D eigenvalue weighted by Gasteiger charge is -2.22. The Bertz CT molecular complexity index is 371. The van der Waals surface area contributed by atoms with Crippen LogP contribution in [0.3, 0.4) is 0 Å². The van der Waals surface area contributed by atoms with Crippen LogP contribution in [0, 0.1) is 5.92 Å². The summed E-state index contributed by atoms with van der Waals surface area (Å²) in [6.45, 7) is 8.80. The minimum Gasteiger partial charge on any atom is -0.314 e. The van der Waals surface area contributed by atoms with Crippen LogP contribution in [0.1, 0.15) is 45.2 Å². The van der Waals surface area contributed by atoms with Gasteiger partial charge in [-0.2, -0.15) is 5.10 Å². The average Bonchev–Trinajstić information content (AvgIpc) is 3.08. The molecular weight excluding hydrogens is 278 g/mol. The van der Waals surface area contributed by atoms with Crippen LogP contribution < -0.4 is 5.32 Å². The molecule has 0 radical (unpaired) electrons. The van der Waals surface area contributed by atoms with E-state index >= 15 is 0 Å². The molecule has 1 saturated carbocycles. The van der Waals surface area contributed by atoms with Crippen molar-refractivity contribution in [3.8, 4) is 0 Å². The maximum atomic E-state index is 4.39. The molecule has 96 valence electrons. The summed E-state index contributed by atoms with van der Waals surface area (Å²) in [7, 11) is 0. The molecule has 0 spiro atoms. The number of halogens is 1. The van der Waals surface area contributed by atoms with Gasteiger partial charge in [0.05, 0.1) is 16.4 Å². The van der Waals surface area contributed by atoms with Gasteiger partial charge in [0, 0.05) is 18.5 Å². The largest absolute Gasteiger partial charge is 0.314 e. The Morgan fingerprint density at radius 3 is 2.82 bits per heavy atom. The standard InChI is InChI=1S/C13H22BrN3/c1-4-17-13(12(14)8-16-17)10(3)9(2)7-15-11-5-6-11/h8-11,15H,4-7H2,1-3H3. The molecule has 1 N–H and O–H groups in total. The van der Waals surface area contributed by atoms with Gasteiger partial charge in [0.1, 0.15) is 0 Å². The van der Waals surface area contributed by atoms with Gasteiger partial charge in [0.25, 0.3) is 0 Å². The first kappa shape index (κ1) is 13.1. The highest BCUT2D eigenvalue weighted by Crippen LogP contribution is 2.30. The van der Waals surface area contributed by atoms with E-state index < -0.39 is 0 Å². The molecule has 1 aliphatic carbocycles. The van der Waals surface area contributed by atoms with Crippen LogP contribution in [0.4, 0.5) is 0 Å². The van der Waals surface area contributed by atoms with Gasteiger partial charge in [0.2, 0.25) is 0 Å². The van der Waals surface area contributed by atoms with Crippen molar-refractivity contribution >= 4 is 15.9 Å². The van der Waals surface area contributed by atoms with Crippen molar-refractivity contribution in [1.29, 1.82) is 0 Å². The summed E-state index contributed by atoms with van der Waals surface area (Å²) in [5.74, 6) is 1.16. The molecule has 1 aromatic rings. The van der Waals surface area contributed by atoms with E-state index in [4.69, 9.17) is 0 Å². The highest BCUT2D eigenvalue weighted by molar-refractivity contribution is 9.10. The number of hydrogen-bond acceptors (Lipinski definition) is 2. The van der Waals surface area contributed by atoms with Crippen molar-refractivity contribution < 1.29 is 0 Å². The summed E-state index contributed by atoms with van der Waals surface area (Å²) in [5.41, 5.74) is 1.33. The molecule has 4 heteroatoms. The Morgan fingerprint density at radius 2 is 2.24 bits per heavy atom. The third kappa shape index (κ3) is 3.10. The number of rotatable bonds is 6. The van der Waals surface area contributed by atoms with Gasteiger partial charge in [-0.1, -0.05) is 13.8 Å². The molecule has 17 heavy (non-hydrogen) atoms. The molecular formula is C13H22BrN3. The summed E-state index contributed by atoms with van der Waals surface area (Å²) in [6, 6.07) is 0.796. The van der Waals surface area contributed by atoms with Gasteiger partial charge in [-0.3, -0.25) is 4.68 Å². The van der Waals surface area contributed by atoms with E-state index in [9.17, 15) is 0 Å². The maximum Gasteiger partial charge on any atom is 0.0635 e. The minimum absolute atomic E-state index is 0.526. The molecule has 3 nitrogen and oxygen atoms in total. The van der Waals surface area contributed by atoms with Crippen molar-refractivity contribution in [1.82, 2.24) is 15.1 Å². The quantitative estimate of drug-likeness (QED) is 0.874. The van der Waals surface area contributed by atoms with Gasteiger partial charge in [0.15, 0.2) is 0 Å².